The fourth-order valence-corrected chi connectivity index (χ4v) is 10.9. The van der Waals surface area contributed by atoms with Crippen LogP contribution in [-0.4, -0.2) is 29.3 Å². The van der Waals surface area contributed by atoms with E-state index in [1.165, 1.54) is 50.2 Å². The van der Waals surface area contributed by atoms with E-state index < -0.39 is 51.9 Å². The number of hydrogen-bond donors (Lipinski definition) is 0. The summed E-state index contributed by atoms with van der Waals surface area (Å²) in [5.74, 6) is -18.4. The number of allylic oxidation sites excluding steroid dienone is 2. The second-order valence-electron chi connectivity index (χ2n) is 15.2. The van der Waals surface area contributed by atoms with Crippen LogP contribution >= 0.6 is 22.7 Å². The summed E-state index contributed by atoms with van der Waals surface area (Å²) in [6.45, 7) is 2.86. The highest BCUT2D eigenvalue weighted by molar-refractivity contribution is 7.19. The largest absolute Gasteiger partial charge is 0.380 e. The van der Waals surface area contributed by atoms with Gasteiger partial charge in [-0.1, -0.05) is 146 Å². The number of halogens is 6. The number of hydrogen-bond acceptors (Lipinski definition) is 4. The van der Waals surface area contributed by atoms with Crippen molar-refractivity contribution in [2.45, 2.75) is 43.5 Å². The number of aryl methyl sites for hydroxylation is 2. The molecule has 0 aliphatic heterocycles. The standard InChI is InChI=1S/C51H34F6O2S2/c1-29-41(37-25-23-35(27-39(37)60-29)47(58)43(31-15-7-3-8-16-31)32-17-9-4-10-18-32)45-46(50(54,55)51(56,57)49(45,52)53)42-30(2)61-40-28-36(24-26-38(40)42)48(59)44(33-19-11-5-12-20-33)34-21-13-6-14-22-34/h3-28,43-44H,1-2H3. The minimum Gasteiger partial charge on any atom is -0.293 e. The second-order valence-corrected chi connectivity index (χ2v) is 17.7. The molecule has 0 unspecified atom stereocenters. The van der Waals surface area contributed by atoms with Gasteiger partial charge in [0.1, 0.15) is 0 Å². The Labute approximate surface area is 355 Å². The Morgan fingerprint density at radius 3 is 1.03 bits per heavy atom. The van der Waals surface area contributed by atoms with E-state index in [9.17, 15) is 9.59 Å². The zero-order valence-corrected chi connectivity index (χ0v) is 34.2. The average molecular weight is 857 g/mol. The van der Waals surface area contributed by atoms with Gasteiger partial charge in [-0.15, -0.1) is 22.7 Å². The third-order valence-electron chi connectivity index (χ3n) is 11.5. The lowest BCUT2D eigenvalue weighted by molar-refractivity contribution is -0.254. The molecule has 2 nitrogen and oxygen atoms in total. The first kappa shape index (κ1) is 40.3. The summed E-state index contributed by atoms with van der Waals surface area (Å²) in [6, 6.07) is 45.2. The molecule has 0 saturated carbocycles. The number of benzene rings is 6. The molecule has 2 aromatic heterocycles. The third kappa shape index (κ3) is 6.46. The maximum absolute atomic E-state index is 16.4. The van der Waals surface area contributed by atoms with Gasteiger partial charge < -0.3 is 0 Å². The van der Waals surface area contributed by atoms with Crippen molar-refractivity contribution in [3.63, 3.8) is 0 Å². The zero-order chi connectivity index (χ0) is 42.8. The number of alkyl halides is 6. The van der Waals surface area contributed by atoms with Crippen molar-refractivity contribution in [3.05, 3.63) is 212 Å². The third-order valence-corrected chi connectivity index (χ3v) is 13.7. The van der Waals surface area contributed by atoms with Gasteiger partial charge in [0, 0.05) is 63.3 Å². The van der Waals surface area contributed by atoms with E-state index in [0.717, 1.165) is 44.9 Å². The molecular weight excluding hydrogens is 823 g/mol. The van der Waals surface area contributed by atoms with E-state index >= 15 is 26.3 Å². The molecule has 0 spiro atoms. The van der Waals surface area contributed by atoms with E-state index in [0.29, 0.717) is 9.40 Å². The predicted octanol–water partition coefficient (Wildman–Crippen LogP) is 14.6. The van der Waals surface area contributed by atoms with Crippen molar-refractivity contribution in [1.29, 1.82) is 0 Å². The molecule has 304 valence electrons. The van der Waals surface area contributed by atoms with E-state index in [-0.39, 0.29) is 43.2 Å². The first-order chi connectivity index (χ1) is 29.2. The SMILES string of the molecule is Cc1sc2cc(C(=O)C(c3ccccc3)c3ccccc3)ccc2c1C1=C(c2c(C)sc3cc(C(=O)C(c4ccccc4)c4ccccc4)ccc23)C(F)(F)C(F)(F)C1(F)F. The molecule has 1 aliphatic rings. The molecule has 9 rings (SSSR count). The van der Waals surface area contributed by atoms with Gasteiger partial charge >= 0.3 is 17.8 Å². The molecule has 0 amide bonds. The number of carbonyl (C=O) groups excluding carboxylic acids is 2. The fraction of sp³-hybridized carbons (Fsp3) is 0.137. The summed E-state index contributed by atoms with van der Waals surface area (Å²) in [7, 11) is 0. The average Bonchev–Trinajstić information content (AvgIpc) is 3.80. The van der Waals surface area contributed by atoms with Crippen LogP contribution in [0.2, 0.25) is 0 Å². The van der Waals surface area contributed by atoms with Crippen molar-refractivity contribution >= 4 is 65.6 Å². The number of thiophene rings is 2. The van der Waals surface area contributed by atoms with Crippen LogP contribution in [0.25, 0.3) is 31.3 Å². The van der Waals surface area contributed by atoms with Crippen LogP contribution in [0.1, 0.15) is 75.7 Å². The topological polar surface area (TPSA) is 34.1 Å². The van der Waals surface area contributed by atoms with Crippen LogP contribution in [0.4, 0.5) is 26.3 Å². The summed E-state index contributed by atoms with van der Waals surface area (Å²) in [5, 5.41) is 0.0993. The van der Waals surface area contributed by atoms with Crippen LogP contribution in [-0.2, 0) is 0 Å². The van der Waals surface area contributed by atoms with Crippen LogP contribution in [0.3, 0.4) is 0 Å². The number of fused-ring (bicyclic) bond motifs is 2. The van der Waals surface area contributed by atoms with E-state index in [1.807, 2.05) is 121 Å². The Morgan fingerprint density at radius 1 is 0.443 bits per heavy atom. The summed E-state index contributed by atoms with van der Waals surface area (Å²) in [5.41, 5.74) is -0.332. The Morgan fingerprint density at radius 2 is 0.738 bits per heavy atom. The lowest BCUT2D eigenvalue weighted by Gasteiger charge is -2.26. The van der Waals surface area contributed by atoms with Crippen molar-refractivity contribution in [3.8, 4) is 0 Å². The molecule has 8 aromatic rings. The smallest absolute Gasteiger partial charge is 0.293 e. The van der Waals surface area contributed by atoms with Crippen LogP contribution < -0.4 is 0 Å². The van der Waals surface area contributed by atoms with E-state index in [4.69, 9.17) is 0 Å². The van der Waals surface area contributed by atoms with Gasteiger partial charge in [-0.2, -0.15) is 26.3 Å². The molecule has 0 N–H and O–H groups in total. The number of rotatable bonds is 10. The summed E-state index contributed by atoms with van der Waals surface area (Å²) < 4.78 is 97.9. The van der Waals surface area contributed by atoms with Gasteiger partial charge in [0.05, 0.1) is 11.8 Å². The second kappa shape index (κ2) is 15.1. The van der Waals surface area contributed by atoms with E-state index in [1.54, 1.807) is 0 Å². The molecule has 6 aromatic carbocycles. The molecule has 0 bridgehead atoms. The molecule has 0 fully saturated rings. The molecule has 1 aliphatic carbocycles. The van der Waals surface area contributed by atoms with Gasteiger partial charge in [0.25, 0.3) is 0 Å². The quantitative estimate of drug-likeness (QED) is 0.101. The van der Waals surface area contributed by atoms with Crippen molar-refractivity contribution in [2.75, 3.05) is 0 Å². The van der Waals surface area contributed by atoms with Crippen LogP contribution in [0, 0.1) is 13.8 Å². The highest BCUT2D eigenvalue weighted by atomic mass is 32.1. The maximum Gasteiger partial charge on any atom is 0.380 e. The maximum atomic E-state index is 16.4. The summed E-state index contributed by atoms with van der Waals surface area (Å²) >= 11 is 1.94. The van der Waals surface area contributed by atoms with Gasteiger partial charge in [-0.05, 0) is 48.2 Å². The first-order valence-corrected chi connectivity index (χ1v) is 21.1. The van der Waals surface area contributed by atoms with E-state index in [2.05, 4.69) is 0 Å². The van der Waals surface area contributed by atoms with Crippen molar-refractivity contribution < 1.29 is 35.9 Å². The molecular formula is C51H34F6O2S2. The zero-order valence-electron chi connectivity index (χ0n) is 32.6. The van der Waals surface area contributed by atoms with Gasteiger partial charge in [0.15, 0.2) is 11.6 Å². The highest BCUT2D eigenvalue weighted by Gasteiger charge is 2.80. The fourth-order valence-electron chi connectivity index (χ4n) is 8.66. The first-order valence-electron chi connectivity index (χ1n) is 19.5. The van der Waals surface area contributed by atoms with Gasteiger partial charge in [0.2, 0.25) is 0 Å². The Hall–Kier alpha value is -6.10. The molecule has 0 saturated heterocycles. The molecule has 0 radical (unpaired) electrons. The van der Waals surface area contributed by atoms with Crippen LogP contribution in [0.15, 0.2) is 158 Å². The lowest BCUT2D eigenvalue weighted by atomic mass is 9.84. The number of ketones is 2. The Balaban J connectivity index is 1.18. The molecule has 2 heterocycles. The predicted molar refractivity (Wildman–Crippen MR) is 233 cm³/mol. The van der Waals surface area contributed by atoms with Crippen LogP contribution in [0.5, 0.6) is 0 Å². The molecule has 10 heteroatoms. The summed E-state index contributed by atoms with van der Waals surface area (Å²) in [4.78, 5) is 28.8. The van der Waals surface area contributed by atoms with Gasteiger partial charge in [-0.3, -0.25) is 9.59 Å². The normalized spacial score (nSPS) is 15.6. The monoisotopic (exact) mass is 856 g/mol. The van der Waals surface area contributed by atoms with Crippen molar-refractivity contribution in [1.82, 2.24) is 0 Å². The Bertz CT molecular complexity index is 2730. The summed E-state index contributed by atoms with van der Waals surface area (Å²) in [6.07, 6.45) is 0. The minimum absolute atomic E-state index is 0.0497. The Kier molecular flexibility index (Phi) is 9.99. The minimum atomic E-state index is -5.78. The van der Waals surface area contributed by atoms with Crippen molar-refractivity contribution in [2.24, 2.45) is 0 Å². The lowest BCUT2D eigenvalue weighted by Crippen LogP contribution is -2.48. The number of carbonyl (C=O) groups is 2. The molecule has 0 atom stereocenters. The van der Waals surface area contributed by atoms with Gasteiger partial charge in [-0.25, -0.2) is 0 Å². The highest BCUT2D eigenvalue weighted by Crippen LogP contribution is 2.67. The molecule has 61 heavy (non-hydrogen) atoms. The number of Topliss-reactive ketones (excluding diaryl/α,β-unsaturated/α-hetero) is 2.